The topological polar surface area (TPSA) is 23.6 Å². The maximum atomic E-state index is 12.4. The molecule has 0 bridgehead atoms. The number of hydrogen-bond donors (Lipinski definition) is 0. The fourth-order valence-corrected chi connectivity index (χ4v) is 2.79. The van der Waals surface area contributed by atoms with Crippen LogP contribution in [0.5, 0.6) is 0 Å². The summed E-state index contributed by atoms with van der Waals surface area (Å²) in [5.74, 6) is -0.0260. The second-order valence-electron chi connectivity index (χ2n) is 4.61. The van der Waals surface area contributed by atoms with Crippen LogP contribution in [0.4, 0.5) is 0 Å². The summed E-state index contributed by atoms with van der Waals surface area (Å²) in [5.41, 5.74) is 2.06. The largest absolute Gasteiger partial charge is 0.336 e. The van der Waals surface area contributed by atoms with Gasteiger partial charge >= 0.3 is 0 Å². The van der Waals surface area contributed by atoms with E-state index in [2.05, 4.69) is 4.90 Å². The smallest absolute Gasteiger partial charge is 0.254 e. The average molecular weight is 334 g/mol. The number of carbonyl (C=O) groups excluding carboxylic acids is 1. The number of benzene rings is 1. The molecule has 0 saturated carbocycles. The molecule has 6 heteroatoms. The Hall–Kier alpha value is -0.740. The van der Waals surface area contributed by atoms with Gasteiger partial charge in [-0.2, -0.15) is 0 Å². The van der Waals surface area contributed by atoms with E-state index in [0.717, 1.165) is 19.6 Å². The summed E-state index contributed by atoms with van der Waals surface area (Å²) in [6.45, 7) is 3.87. The number of carbonyl (C=O) groups is 1. The van der Waals surface area contributed by atoms with Gasteiger partial charge in [0.1, 0.15) is 0 Å². The molecule has 0 atom stereocenters. The molecule has 2 rings (SSSR count). The van der Waals surface area contributed by atoms with E-state index in [0.29, 0.717) is 28.7 Å². The number of nitrogens with zero attached hydrogens (tertiary/aromatic N) is 2. The Kier molecular flexibility index (Phi) is 5.73. The Balaban J connectivity index is 1.97. The maximum absolute atomic E-state index is 12.4. The van der Waals surface area contributed by atoms with Gasteiger partial charge in [-0.05, 0) is 18.2 Å². The first-order valence-corrected chi connectivity index (χ1v) is 7.52. The predicted molar refractivity (Wildman–Crippen MR) is 83.8 cm³/mol. The fraction of sp³-hybridized carbons (Fsp3) is 0.357. The molecule has 0 N–H and O–H groups in total. The van der Waals surface area contributed by atoms with Crippen LogP contribution < -0.4 is 0 Å². The minimum Gasteiger partial charge on any atom is -0.336 e. The molecule has 108 valence electrons. The molecule has 0 unspecified atom stereocenters. The minimum absolute atomic E-state index is 0.0260. The van der Waals surface area contributed by atoms with Crippen molar-refractivity contribution in [2.24, 2.45) is 0 Å². The Bertz CT molecular complexity index is 491. The lowest BCUT2D eigenvalue weighted by molar-refractivity contribution is 0.0650. The van der Waals surface area contributed by atoms with E-state index in [-0.39, 0.29) is 5.91 Å². The van der Waals surface area contributed by atoms with E-state index >= 15 is 0 Å². The third-order valence-corrected chi connectivity index (χ3v) is 3.84. The maximum Gasteiger partial charge on any atom is 0.254 e. The molecular weight excluding hydrogens is 319 g/mol. The molecule has 1 aliphatic heterocycles. The second kappa shape index (κ2) is 7.32. The van der Waals surface area contributed by atoms with Crippen LogP contribution >= 0.6 is 34.8 Å². The van der Waals surface area contributed by atoms with Crippen molar-refractivity contribution in [3.05, 3.63) is 45.4 Å². The van der Waals surface area contributed by atoms with Crippen LogP contribution in [0.3, 0.4) is 0 Å². The Morgan fingerprint density at radius 1 is 1.10 bits per heavy atom. The van der Waals surface area contributed by atoms with Crippen LogP contribution in [0.15, 0.2) is 29.8 Å². The summed E-state index contributed by atoms with van der Waals surface area (Å²) in [6, 6.07) is 4.92. The van der Waals surface area contributed by atoms with Crippen molar-refractivity contribution in [1.82, 2.24) is 9.80 Å². The third kappa shape index (κ3) is 4.13. The summed E-state index contributed by atoms with van der Waals surface area (Å²) in [5, 5.41) is 0.957. The molecule has 0 aliphatic carbocycles. The van der Waals surface area contributed by atoms with Gasteiger partial charge in [0.15, 0.2) is 0 Å². The Morgan fingerprint density at radius 3 is 2.25 bits per heavy atom. The number of halogens is 3. The second-order valence-corrected chi connectivity index (χ2v) is 5.74. The molecular formula is C14H15Cl3N2O. The van der Waals surface area contributed by atoms with Gasteiger partial charge in [0, 0.05) is 53.9 Å². The van der Waals surface area contributed by atoms with Crippen LogP contribution in [0.2, 0.25) is 10.0 Å². The van der Waals surface area contributed by atoms with E-state index in [1.807, 2.05) is 11.0 Å². The molecule has 1 aromatic rings. The third-order valence-electron chi connectivity index (χ3n) is 3.22. The predicted octanol–water partition coefficient (Wildman–Crippen LogP) is 3.50. The van der Waals surface area contributed by atoms with E-state index in [9.17, 15) is 4.79 Å². The highest BCUT2D eigenvalue weighted by Gasteiger charge is 2.21. The molecule has 0 aromatic heterocycles. The highest BCUT2D eigenvalue weighted by molar-refractivity contribution is 6.35. The van der Waals surface area contributed by atoms with Crippen LogP contribution in [-0.4, -0.2) is 48.4 Å². The molecule has 0 spiro atoms. The number of hydrogen-bond acceptors (Lipinski definition) is 2. The first-order valence-electron chi connectivity index (χ1n) is 6.33. The zero-order chi connectivity index (χ0) is 14.5. The van der Waals surface area contributed by atoms with Gasteiger partial charge in [-0.25, -0.2) is 0 Å². The number of rotatable bonds is 3. The molecule has 1 aliphatic rings. The average Bonchev–Trinajstić information content (AvgIpc) is 2.44. The highest BCUT2D eigenvalue weighted by Crippen LogP contribution is 2.20. The lowest BCUT2D eigenvalue weighted by Gasteiger charge is -2.34. The van der Waals surface area contributed by atoms with Crippen LogP contribution in [0.25, 0.3) is 0 Å². The quantitative estimate of drug-likeness (QED) is 0.845. The van der Waals surface area contributed by atoms with Gasteiger partial charge in [-0.15, -0.1) is 0 Å². The SMILES string of the molecule is O=C(c1cc(Cl)cc(Cl)c1)N1CCN(C/C=C/Cl)CC1. The molecule has 20 heavy (non-hydrogen) atoms. The fourth-order valence-electron chi connectivity index (χ4n) is 2.18. The van der Waals surface area contributed by atoms with Gasteiger partial charge in [-0.3, -0.25) is 9.69 Å². The van der Waals surface area contributed by atoms with Crippen LogP contribution in [0, 0.1) is 0 Å². The van der Waals surface area contributed by atoms with Crippen molar-refractivity contribution in [3.63, 3.8) is 0 Å². The summed E-state index contributed by atoms with van der Waals surface area (Å²) in [6.07, 6.45) is 1.90. The van der Waals surface area contributed by atoms with Crippen LogP contribution in [0.1, 0.15) is 10.4 Å². The van der Waals surface area contributed by atoms with Crippen molar-refractivity contribution < 1.29 is 4.79 Å². The number of piperazine rings is 1. The zero-order valence-corrected chi connectivity index (χ0v) is 13.1. The van der Waals surface area contributed by atoms with Crippen molar-refractivity contribution >= 4 is 40.7 Å². The van der Waals surface area contributed by atoms with E-state index in [1.165, 1.54) is 5.54 Å². The monoisotopic (exact) mass is 332 g/mol. The van der Waals surface area contributed by atoms with Crippen molar-refractivity contribution in [1.29, 1.82) is 0 Å². The van der Waals surface area contributed by atoms with Gasteiger partial charge in [0.05, 0.1) is 0 Å². The summed E-state index contributed by atoms with van der Waals surface area (Å²) in [7, 11) is 0. The lowest BCUT2D eigenvalue weighted by Crippen LogP contribution is -2.48. The van der Waals surface area contributed by atoms with Crippen LogP contribution in [-0.2, 0) is 0 Å². The summed E-state index contributed by atoms with van der Waals surface area (Å²) in [4.78, 5) is 16.4. The minimum atomic E-state index is -0.0260. The lowest BCUT2D eigenvalue weighted by atomic mass is 10.2. The molecule has 1 heterocycles. The highest BCUT2D eigenvalue weighted by atomic mass is 35.5. The summed E-state index contributed by atoms with van der Waals surface area (Å²) < 4.78 is 0. The molecule has 1 amide bonds. The summed E-state index contributed by atoms with van der Waals surface area (Å²) >= 11 is 17.4. The van der Waals surface area contributed by atoms with Crippen molar-refractivity contribution in [2.75, 3.05) is 32.7 Å². The molecule has 3 nitrogen and oxygen atoms in total. The Labute approximate surface area is 133 Å². The van der Waals surface area contributed by atoms with Gasteiger partial charge in [0.25, 0.3) is 5.91 Å². The molecule has 1 aromatic carbocycles. The van der Waals surface area contributed by atoms with Gasteiger partial charge < -0.3 is 4.90 Å². The van der Waals surface area contributed by atoms with Gasteiger partial charge in [0.2, 0.25) is 0 Å². The molecule has 0 radical (unpaired) electrons. The molecule has 1 fully saturated rings. The normalized spacial score (nSPS) is 16.9. The zero-order valence-electron chi connectivity index (χ0n) is 10.9. The van der Waals surface area contributed by atoms with E-state index < -0.39 is 0 Å². The molecule has 1 saturated heterocycles. The first-order chi connectivity index (χ1) is 9.60. The first kappa shape index (κ1) is 15.6. The Morgan fingerprint density at radius 2 is 1.70 bits per heavy atom. The van der Waals surface area contributed by atoms with Crippen molar-refractivity contribution in [2.45, 2.75) is 0 Å². The van der Waals surface area contributed by atoms with E-state index in [4.69, 9.17) is 34.8 Å². The van der Waals surface area contributed by atoms with E-state index in [1.54, 1.807) is 18.2 Å². The standard InChI is InChI=1S/C14H15Cl3N2O/c15-2-1-3-18-4-6-19(7-5-18)14(20)11-8-12(16)10-13(17)9-11/h1-2,8-10H,3-7H2/b2-1+. The van der Waals surface area contributed by atoms with Gasteiger partial charge in [-0.1, -0.05) is 40.9 Å². The number of amides is 1. The van der Waals surface area contributed by atoms with Crippen molar-refractivity contribution in [3.8, 4) is 0 Å².